The highest BCUT2D eigenvalue weighted by atomic mass is 16.5. The molecular weight excluding hydrogens is 250 g/mol. The average Bonchev–Trinajstić information content (AvgIpc) is 2.47. The molecule has 3 nitrogen and oxygen atoms in total. The molecule has 0 heterocycles. The van der Waals surface area contributed by atoms with Crippen LogP contribution in [0.25, 0.3) is 0 Å². The minimum absolute atomic E-state index is 0.386. The highest BCUT2D eigenvalue weighted by Crippen LogP contribution is 2.24. The van der Waals surface area contributed by atoms with Gasteiger partial charge in [0, 0.05) is 5.56 Å². The summed E-state index contributed by atoms with van der Waals surface area (Å²) < 4.78 is 5.87. The van der Waals surface area contributed by atoms with Gasteiger partial charge in [0.15, 0.2) is 0 Å². The fourth-order valence-electron chi connectivity index (χ4n) is 2.07. The molecule has 102 valence electrons. The molecule has 0 atom stereocenters. The Labute approximate surface area is 118 Å². The van der Waals surface area contributed by atoms with Crippen LogP contribution >= 0.6 is 0 Å². The molecule has 0 aliphatic heterocycles. The molecule has 0 amide bonds. The maximum atomic E-state index is 10.4. The summed E-state index contributed by atoms with van der Waals surface area (Å²) in [5.74, 6) is 0.878. The van der Waals surface area contributed by atoms with Gasteiger partial charge in [-0.2, -0.15) is 4.99 Å². The minimum atomic E-state index is 0.386. The van der Waals surface area contributed by atoms with E-state index in [0.29, 0.717) is 12.3 Å². The number of carbonyl (C=O) groups excluding carboxylic acids is 1. The second-order valence-corrected chi connectivity index (χ2v) is 4.59. The first-order valence-electron chi connectivity index (χ1n) is 6.62. The largest absolute Gasteiger partial charge is 0.489 e. The Balaban J connectivity index is 2.19. The number of isocyanates is 1. The fourth-order valence-corrected chi connectivity index (χ4v) is 2.07. The van der Waals surface area contributed by atoms with Crippen LogP contribution in [0.1, 0.15) is 23.6 Å². The Bertz CT molecular complexity index is 643. The Hall–Kier alpha value is -2.38. The van der Waals surface area contributed by atoms with E-state index in [1.54, 1.807) is 12.1 Å². The van der Waals surface area contributed by atoms with Crippen molar-refractivity contribution in [3.63, 3.8) is 0 Å². The molecule has 0 spiro atoms. The summed E-state index contributed by atoms with van der Waals surface area (Å²) in [6.07, 6.45) is 2.49. The van der Waals surface area contributed by atoms with Gasteiger partial charge in [-0.05, 0) is 31.0 Å². The first-order chi connectivity index (χ1) is 9.74. The number of ether oxygens (including phenoxy) is 1. The van der Waals surface area contributed by atoms with Crippen LogP contribution < -0.4 is 4.74 Å². The number of para-hydroxylation sites is 1. The van der Waals surface area contributed by atoms with Crippen molar-refractivity contribution in [1.82, 2.24) is 0 Å². The molecule has 0 bridgehead atoms. The molecule has 2 aromatic carbocycles. The maximum Gasteiger partial charge on any atom is 0.240 e. The lowest BCUT2D eigenvalue weighted by atomic mass is 10.1. The molecule has 0 saturated heterocycles. The standard InChI is InChI=1S/C17H17NO2/c1-3-14-10-13(2)8-9-17(14)20-11-15-6-4-5-7-16(15)18-12-19/h4-10H,3,11H2,1-2H3. The van der Waals surface area contributed by atoms with Crippen molar-refractivity contribution in [2.45, 2.75) is 26.9 Å². The third-order valence-corrected chi connectivity index (χ3v) is 3.14. The summed E-state index contributed by atoms with van der Waals surface area (Å²) in [5.41, 5.74) is 3.88. The quantitative estimate of drug-likeness (QED) is 0.604. The van der Waals surface area contributed by atoms with Gasteiger partial charge in [-0.3, -0.25) is 0 Å². The van der Waals surface area contributed by atoms with Crippen LogP contribution in [0.15, 0.2) is 47.5 Å². The van der Waals surface area contributed by atoms with Gasteiger partial charge in [-0.1, -0.05) is 42.8 Å². The molecule has 20 heavy (non-hydrogen) atoms. The Morgan fingerprint density at radius 3 is 2.70 bits per heavy atom. The van der Waals surface area contributed by atoms with Crippen molar-refractivity contribution in [3.8, 4) is 5.75 Å². The van der Waals surface area contributed by atoms with Gasteiger partial charge in [0.2, 0.25) is 6.08 Å². The van der Waals surface area contributed by atoms with Crippen molar-refractivity contribution in [2.24, 2.45) is 4.99 Å². The third-order valence-electron chi connectivity index (χ3n) is 3.14. The fraction of sp³-hybridized carbons (Fsp3) is 0.235. The van der Waals surface area contributed by atoms with E-state index < -0.39 is 0 Å². The van der Waals surface area contributed by atoms with Gasteiger partial charge in [-0.15, -0.1) is 0 Å². The van der Waals surface area contributed by atoms with Crippen LogP contribution in [0.5, 0.6) is 5.75 Å². The van der Waals surface area contributed by atoms with Crippen LogP contribution in [0.4, 0.5) is 5.69 Å². The minimum Gasteiger partial charge on any atom is -0.489 e. The second kappa shape index (κ2) is 6.69. The van der Waals surface area contributed by atoms with E-state index in [1.807, 2.05) is 30.3 Å². The lowest BCUT2D eigenvalue weighted by Gasteiger charge is -2.12. The van der Waals surface area contributed by atoms with Gasteiger partial charge in [0.1, 0.15) is 12.4 Å². The normalized spacial score (nSPS) is 9.90. The molecule has 0 fully saturated rings. The summed E-state index contributed by atoms with van der Waals surface area (Å²) in [5, 5.41) is 0. The monoisotopic (exact) mass is 267 g/mol. The van der Waals surface area contributed by atoms with Crippen molar-refractivity contribution in [2.75, 3.05) is 0 Å². The molecule has 2 aromatic rings. The predicted molar refractivity (Wildman–Crippen MR) is 79.1 cm³/mol. The van der Waals surface area contributed by atoms with Crippen LogP contribution in [0.3, 0.4) is 0 Å². The summed E-state index contributed by atoms with van der Waals surface area (Å²) in [4.78, 5) is 14.1. The predicted octanol–water partition coefficient (Wildman–Crippen LogP) is 4.10. The van der Waals surface area contributed by atoms with Crippen molar-refractivity contribution >= 4 is 11.8 Å². The van der Waals surface area contributed by atoms with E-state index >= 15 is 0 Å². The van der Waals surface area contributed by atoms with E-state index in [9.17, 15) is 4.79 Å². The number of aliphatic imine (C=N–C) groups is 1. The van der Waals surface area contributed by atoms with Gasteiger partial charge < -0.3 is 4.74 Å². The van der Waals surface area contributed by atoms with E-state index in [-0.39, 0.29) is 0 Å². The van der Waals surface area contributed by atoms with Crippen LogP contribution in [0, 0.1) is 6.92 Å². The van der Waals surface area contributed by atoms with E-state index in [4.69, 9.17) is 4.74 Å². The summed E-state index contributed by atoms with van der Waals surface area (Å²) in [6.45, 7) is 4.56. The number of hydrogen-bond donors (Lipinski definition) is 0. The lowest BCUT2D eigenvalue weighted by molar-refractivity contribution is 0.303. The summed E-state index contributed by atoms with van der Waals surface area (Å²) in [6, 6.07) is 13.6. The molecule has 3 heteroatoms. The van der Waals surface area contributed by atoms with Crippen LogP contribution in [-0.2, 0) is 17.8 Å². The van der Waals surface area contributed by atoms with Crippen molar-refractivity contribution < 1.29 is 9.53 Å². The first-order valence-corrected chi connectivity index (χ1v) is 6.62. The zero-order valence-electron chi connectivity index (χ0n) is 11.7. The van der Waals surface area contributed by atoms with Gasteiger partial charge in [0.05, 0.1) is 5.69 Å². The number of nitrogens with zero attached hydrogens (tertiary/aromatic N) is 1. The molecule has 0 saturated carbocycles. The van der Waals surface area contributed by atoms with E-state index in [0.717, 1.165) is 17.7 Å². The van der Waals surface area contributed by atoms with Crippen molar-refractivity contribution in [3.05, 3.63) is 59.2 Å². The molecule has 2 rings (SSSR count). The first kappa shape index (κ1) is 14.0. The molecular formula is C17H17NO2. The zero-order chi connectivity index (χ0) is 14.4. The zero-order valence-corrected chi connectivity index (χ0v) is 11.7. The average molecular weight is 267 g/mol. The number of aryl methyl sites for hydroxylation is 2. The molecule has 0 aromatic heterocycles. The number of rotatable bonds is 5. The summed E-state index contributed by atoms with van der Waals surface area (Å²) >= 11 is 0. The number of benzene rings is 2. The maximum absolute atomic E-state index is 10.4. The number of hydrogen-bond acceptors (Lipinski definition) is 3. The van der Waals surface area contributed by atoms with Crippen LogP contribution in [-0.4, -0.2) is 6.08 Å². The van der Waals surface area contributed by atoms with Crippen molar-refractivity contribution in [1.29, 1.82) is 0 Å². The Morgan fingerprint density at radius 2 is 1.95 bits per heavy atom. The highest BCUT2D eigenvalue weighted by molar-refractivity contribution is 5.53. The molecule has 0 N–H and O–H groups in total. The SMILES string of the molecule is CCc1cc(C)ccc1OCc1ccccc1N=C=O. The Morgan fingerprint density at radius 1 is 1.15 bits per heavy atom. The van der Waals surface area contributed by atoms with E-state index in [1.165, 1.54) is 11.1 Å². The smallest absolute Gasteiger partial charge is 0.240 e. The highest BCUT2D eigenvalue weighted by Gasteiger charge is 2.05. The molecule has 0 aliphatic carbocycles. The van der Waals surface area contributed by atoms with Gasteiger partial charge in [-0.25, -0.2) is 4.79 Å². The molecule has 0 radical (unpaired) electrons. The topological polar surface area (TPSA) is 38.7 Å². The second-order valence-electron chi connectivity index (χ2n) is 4.59. The van der Waals surface area contributed by atoms with Crippen LogP contribution in [0.2, 0.25) is 0 Å². The van der Waals surface area contributed by atoms with Gasteiger partial charge >= 0.3 is 0 Å². The lowest BCUT2D eigenvalue weighted by Crippen LogP contribution is -1.99. The molecule has 0 aliphatic rings. The van der Waals surface area contributed by atoms with E-state index in [2.05, 4.69) is 24.9 Å². The summed E-state index contributed by atoms with van der Waals surface area (Å²) in [7, 11) is 0. The van der Waals surface area contributed by atoms with Gasteiger partial charge in [0.25, 0.3) is 0 Å². The third kappa shape index (κ3) is 3.34. The Kier molecular flexibility index (Phi) is 4.70. The molecule has 0 unspecified atom stereocenters.